The van der Waals surface area contributed by atoms with Crippen LogP contribution in [0.5, 0.6) is 11.5 Å². The summed E-state index contributed by atoms with van der Waals surface area (Å²) >= 11 is 0. The fourth-order valence-corrected chi connectivity index (χ4v) is 3.41. The predicted octanol–water partition coefficient (Wildman–Crippen LogP) is 3.63. The number of nitrogens with one attached hydrogen (secondary N) is 1. The predicted molar refractivity (Wildman–Crippen MR) is 90.9 cm³/mol. The summed E-state index contributed by atoms with van der Waals surface area (Å²) in [5.74, 6) is 1.47. The van der Waals surface area contributed by atoms with E-state index in [1.54, 1.807) is 6.07 Å². The van der Waals surface area contributed by atoms with Crippen LogP contribution in [-0.2, 0) is 6.54 Å². The molecule has 4 rings (SSSR count). The van der Waals surface area contributed by atoms with E-state index < -0.39 is 0 Å². The fourth-order valence-electron chi connectivity index (χ4n) is 3.41. The molecule has 1 atom stereocenters. The largest absolute Gasteiger partial charge is 0.454 e. The Balaban J connectivity index is 1.39. The number of benzene rings is 2. The van der Waals surface area contributed by atoms with Crippen molar-refractivity contribution in [3.8, 4) is 11.5 Å². The Morgan fingerprint density at radius 1 is 1.12 bits per heavy atom. The third kappa shape index (κ3) is 3.31. The van der Waals surface area contributed by atoms with Gasteiger partial charge in [0.2, 0.25) is 6.79 Å². The standard InChI is InChI=1S/C19H21FN2O2/c20-17-6-2-1-4-14(17)11-22-9-3-5-16(12-22)21-15-7-8-18-19(10-15)24-13-23-18/h1-2,4,6-8,10,16,21H,3,5,9,11-13H2/t16-/m0/s1. The smallest absolute Gasteiger partial charge is 0.231 e. The van der Waals surface area contributed by atoms with Gasteiger partial charge in [0.05, 0.1) is 0 Å². The minimum Gasteiger partial charge on any atom is -0.454 e. The maximum absolute atomic E-state index is 13.8. The van der Waals surface area contributed by atoms with Crippen LogP contribution in [0.25, 0.3) is 0 Å². The number of piperidine rings is 1. The van der Waals surface area contributed by atoms with Gasteiger partial charge in [0.25, 0.3) is 0 Å². The van der Waals surface area contributed by atoms with Gasteiger partial charge in [0.1, 0.15) is 5.82 Å². The first-order chi connectivity index (χ1) is 11.8. The van der Waals surface area contributed by atoms with E-state index in [1.165, 1.54) is 6.07 Å². The zero-order valence-corrected chi connectivity index (χ0v) is 13.5. The molecular formula is C19H21FN2O2. The molecule has 2 aliphatic rings. The van der Waals surface area contributed by atoms with E-state index in [1.807, 2.05) is 30.3 Å². The molecule has 0 spiro atoms. The normalized spacial score (nSPS) is 20.1. The minimum atomic E-state index is -0.122. The molecule has 0 amide bonds. The molecule has 24 heavy (non-hydrogen) atoms. The molecule has 0 radical (unpaired) electrons. The van der Waals surface area contributed by atoms with Crippen LogP contribution in [0.3, 0.4) is 0 Å². The second-order valence-corrected chi connectivity index (χ2v) is 6.38. The van der Waals surface area contributed by atoms with E-state index >= 15 is 0 Å². The van der Waals surface area contributed by atoms with Gasteiger partial charge in [-0.3, -0.25) is 4.90 Å². The van der Waals surface area contributed by atoms with Crippen LogP contribution in [0.15, 0.2) is 42.5 Å². The summed E-state index contributed by atoms with van der Waals surface area (Å²) in [5, 5.41) is 3.57. The highest BCUT2D eigenvalue weighted by atomic mass is 19.1. The van der Waals surface area contributed by atoms with E-state index in [0.717, 1.165) is 48.7 Å². The van der Waals surface area contributed by atoms with Gasteiger partial charge >= 0.3 is 0 Å². The molecule has 4 nitrogen and oxygen atoms in total. The number of rotatable bonds is 4. The lowest BCUT2D eigenvalue weighted by molar-refractivity contribution is 0.174. The van der Waals surface area contributed by atoms with Gasteiger partial charge in [-0.15, -0.1) is 0 Å². The number of nitrogens with zero attached hydrogens (tertiary/aromatic N) is 1. The molecule has 126 valence electrons. The number of hydrogen-bond acceptors (Lipinski definition) is 4. The number of hydrogen-bond donors (Lipinski definition) is 1. The second kappa shape index (κ2) is 6.69. The van der Waals surface area contributed by atoms with Crippen molar-refractivity contribution in [2.24, 2.45) is 0 Å². The van der Waals surface area contributed by atoms with Gasteiger partial charge < -0.3 is 14.8 Å². The highest BCUT2D eigenvalue weighted by Crippen LogP contribution is 2.34. The van der Waals surface area contributed by atoms with Gasteiger partial charge in [-0.25, -0.2) is 4.39 Å². The van der Waals surface area contributed by atoms with Crippen molar-refractivity contribution in [1.82, 2.24) is 4.90 Å². The Hall–Kier alpha value is -2.27. The lowest BCUT2D eigenvalue weighted by atomic mass is 10.0. The summed E-state index contributed by atoms with van der Waals surface area (Å²) in [6, 6.07) is 13.3. The molecule has 2 heterocycles. The molecule has 1 fully saturated rings. The highest BCUT2D eigenvalue weighted by molar-refractivity contribution is 5.56. The first-order valence-corrected chi connectivity index (χ1v) is 8.40. The number of ether oxygens (including phenoxy) is 2. The molecular weight excluding hydrogens is 307 g/mol. The molecule has 2 aliphatic heterocycles. The number of halogens is 1. The Kier molecular flexibility index (Phi) is 4.26. The SMILES string of the molecule is Fc1ccccc1CN1CCC[C@H](Nc2ccc3c(c2)OCO3)C1. The minimum absolute atomic E-state index is 0.122. The summed E-state index contributed by atoms with van der Waals surface area (Å²) in [6.07, 6.45) is 2.22. The molecule has 5 heteroatoms. The molecule has 2 aromatic carbocycles. The second-order valence-electron chi connectivity index (χ2n) is 6.38. The van der Waals surface area contributed by atoms with E-state index in [2.05, 4.69) is 10.2 Å². The maximum Gasteiger partial charge on any atom is 0.231 e. The quantitative estimate of drug-likeness (QED) is 0.929. The van der Waals surface area contributed by atoms with Crippen LogP contribution in [0, 0.1) is 5.82 Å². The van der Waals surface area contributed by atoms with Crippen molar-refractivity contribution in [3.63, 3.8) is 0 Å². The van der Waals surface area contributed by atoms with Crippen LogP contribution in [-0.4, -0.2) is 30.8 Å². The topological polar surface area (TPSA) is 33.7 Å². The molecule has 0 bridgehead atoms. The Morgan fingerprint density at radius 2 is 2.00 bits per heavy atom. The fraction of sp³-hybridized carbons (Fsp3) is 0.368. The van der Waals surface area contributed by atoms with Crippen LogP contribution >= 0.6 is 0 Å². The first-order valence-electron chi connectivity index (χ1n) is 8.40. The average Bonchev–Trinajstić information content (AvgIpc) is 3.05. The molecule has 0 unspecified atom stereocenters. The molecule has 0 saturated carbocycles. The molecule has 0 aliphatic carbocycles. The van der Waals surface area contributed by atoms with Crippen molar-refractivity contribution in [2.45, 2.75) is 25.4 Å². The van der Waals surface area contributed by atoms with Crippen molar-refractivity contribution in [3.05, 3.63) is 53.8 Å². The number of fused-ring (bicyclic) bond motifs is 1. The lowest BCUT2D eigenvalue weighted by Crippen LogP contribution is -2.41. The summed E-state index contributed by atoms with van der Waals surface area (Å²) in [7, 11) is 0. The number of anilines is 1. The van der Waals surface area contributed by atoms with Gasteiger partial charge in [0.15, 0.2) is 11.5 Å². The molecule has 1 saturated heterocycles. The van der Waals surface area contributed by atoms with E-state index in [-0.39, 0.29) is 5.82 Å². The first kappa shape index (κ1) is 15.3. The van der Waals surface area contributed by atoms with Crippen LogP contribution < -0.4 is 14.8 Å². The van der Waals surface area contributed by atoms with Crippen LogP contribution in [0.2, 0.25) is 0 Å². The van der Waals surface area contributed by atoms with Crippen LogP contribution in [0.1, 0.15) is 18.4 Å². The average molecular weight is 328 g/mol. The third-order valence-electron chi connectivity index (χ3n) is 4.60. The molecule has 2 aromatic rings. The van der Waals surface area contributed by atoms with E-state index in [0.29, 0.717) is 19.4 Å². The van der Waals surface area contributed by atoms with E-state index in [4.69, 9.17) is 9.47 Å². The highest BCUT2D eigenvalue weighted by Gasteiger charge is 2.21. The zero-order valence-electron chi connectivity index (χ0n) is 13.5. The monoisotopic (exact) mass is 328 g/mol. The zero-order chi connectivity index (χ0) is 16.4. The molecule has 0 aromatic heterocycles. The lowest BCUT2D eigenvalue weighted by Gasteiger charge is -2.33. The van der Waals surface area contributed by atoms with Crippen LogP contribution in [0.4, 0.5) is 10.1 Å². The Morgan fingerprint density at radius 3 is 2.92 bits per heavy atom. The summed E-state index contributed by atoms with van der Waals surface area (Å²) in [6.45, 7) is 2.86. The summed E-state index contributed by atoms with van der Waals surface area (Å²) in [5.41, 5.74) is 1.80. The number of likely N-dealkylation sites (tertiary alicyclic amines) is 1. The van der Waals surface area contributed by atoms with Gasteiger partial charge in [-0.05, 0) is 37.6 Å². The summed E-state index contributed by atoms with van der Waals surface area (Å²) < 4.78 is 24.6. The van der Waals surface area contributed by atoms with Crippen molar-refractivity contribution in [2.75, 3.05) is 25.2 Å². The van der Waals surface area contributed by atoms with Gasteiger partial charge in [0, 0.05) is 36.4 Å². The Bertz CT molecular complexity index is 722. The van der Waals surface area contributed by atoms with Gasteiger partial charge in [-0.2, -0.15) is 0 Å². The summed E-state index contributed by atoms with van der Waals surface area (Å²) in [4.78, 5) is 2.31. The van der Waals surface area contributed by atoms with Crippen molar-refractivity contribution >= 4 is 5.69 Å². The molecule has 1 N–H and O–H groups in total. The van der Waals surface area contributed by atoms with Crippen molar-refractivity contribution < 1.29 is 13.9 Å². The van der Waals surface area contributed by atoms with E-state index in [9.17, 15) is 4.39 Å². The maximum atomic E-state index is 13.8. The third-order valence-corrected chi connectivity index (χ3v) is 4.60. The van der Waals surface area contributed by atoms with Gasteiger partial charge in [-0.1, -0.05) is 18.2 Å². The Labute approximate surface area is 141 Å². The van der Waals surface area contributed by atoms with Crippen molar-refractivity contribution in [1.29, 1.82) is 0 Å².